The Balaban J connectivity index is 1.12. The maximum absolute atomic E-state index is 16.0. The molecule has 13 unspecified atom stereocenters. The van der Waals surface area contributed by atoms with Crippen LogP contribution in [0, 0.1) is 52.3 Å². The van der Waals surface area contributed by atoms with E-state index in [-0.39, 0.29) is 35.6 Å². The number of ether oxygens (including phenoxy) is 2. The second-order valence-corrected chi connectivity index (χ2v) is 21.9. The molecule has 8 heteroatoms. The van der Waals surface area contributed by atoms with Crippen molar-refractivity contribution in [2.45, 2.75) is 128 Å². The molecule has 0 aromatic heterocycles. The Labute approximate surface area is 361 Å². The molecule has 15 bridgehead atoms. The summed E-state index contributed by atoms with van der Waals surface area (Å²) in [6, 6.07) is 16.3. The summed E-state index contributed by atoms with van der Waals surface area (Å²) in [6.07, 6.45) is 13.7. The normalized spacial score (nSPS) is 42.5. The van der Waals surface area contributed by atoms with E-state index in [0.29, 0.717) is 72.8 Å². The van der Waals surface area contributed by atoms with Crippen molar-refractivity contribution in [1.29, 1.82) is 0 Å². The van der Waals surface area contributed by atoms with Crippen molar-refractivity contribution in [3.05, 3.63) is 104 Å². The number of hydrogen-bond acceptors (Lipinski definition) is 8. The molecule has 0 amide bonds. The van der Waals surface area contributed by atoms with E-state index in [1.807, 2.05) is 0 Å². The van der Waals surface area contributed by atoms with Gasteiger partial charge < -0.3 is 25.2 Å². The molecule has 3 N–H and O–H groups in total. The number of nitrogens with zero attached hydrogens (tertiary/aromatic N) is 2. The van der Waals surface area contributed by atoms with Gasteiger partial charge in [0, 0.05) is 61.2 Å². The van der Waals surface area contributed by atoms with Crippen LogP contribution in [0.4, 0.5) is 0 Å². The van der Waals surface area contributed by atoms with Gasteiger partial charge in [-0.25, -0.2) is 4.79 Å². The van der Waals surface area contributed by atoms with Crippen LogP contribution in [0.25, 0.3) is 0 Å². The summed E-state index contributed by atoms with van der Waals surface area (Å²) in [5, 5.41) is 12.9. The molecule has 3 spiro atoms. The van der Waals surface area contributed by atoms with Crippen LogP contribution in [0.5, 0.6) is 0 Å². The number of esters is 2. The smallest absolute Gasteiger partial charge is 0.339 e. The van der Waals surface area contributed by atoms with Gasteiger partial charge in [0.25, 0.3) is 0 Å². The molecule has 2 aromatic rings. The van der Waals surface area contributed by atoms with Gasteiger partial charge in [-0.2, -0.15) is 0 Å². The summed E-state index contributed by atoms with van der Waals surface area (Å²) in [6.45, 7) is 8.55. The lowest BCUT2D eigenvalue weighted by Crippen LogP contribution is -2.77. The van der Waals surface area contributed by atoms with Crippen molar-refractivity contribution in [2.75, 3.05) is 26.2 Å². The van der Waals surface area contributed by atoms with Gasteiger partial charge in [-0.1, -0.05) is 72.5 Å². The predicted molar refractivity (Wildman–Crippen MR) is 232 cm³/mol. The first-order chi connectivity index (χ1) is 29.7. The summed E-state index contributed by atoms with van der Waals surface area (Å²) < 4.78 is 14.1. The second kappa shape index (κ2) is 13.1. The molecule has 9 heterocycles. The van der Waals surface area contributed by atoms with Gasteiger partial charge in [-0.3, -0.25) is 9.69 Å². The summed E-state index contributed by atoms with van der Waals surface area (Å²) in [5.41, 5.74) is 14.4. The SMILES string of the molecule is CC1CC2=C3C4C5=C6CC(Cc7cccc(c7)CCCCC7C68C(=O)OC(=C(O)CC(C)N6CC9CC(C6)C(CC2)N3C9)C8(CC5)C72OC(=O)c3c(CCCN)cccc32)C14. The van der Waals surface area contributed by atoms with E-state index < -0.39 is 16.4 Å². The molecule has 3 saturated heterocycles. The molecular formula is C53H63N3O5. The Morgan fingerprint density at radius 2 is 1.79 bits per heavy atom. The molecule has 61 heavy (non-hydrogen) atoms. The molecule has 9 aliphatic heterocycles. The molecule has 13 atom stereocenters. The van der Waals surface area contributed by atoms with Crippen molar-refractivity contribution in [3.63, 3.8) is 0 Å². The number of benzene rings is 2. The zero-order valence-electron chi connectivity index (χ0n) is 36.2. The number of fused-ring (bicyclic) bond motifs is 7. The summed E-state index contributed by atoms with van der Waals surface area (Å²) in [7, 11) is 0. The minimum Gasteiger partial charge on any atom is -0.509 e. The van der Waals surface area contributed by atoms with Crippen LogP contribution >= 0.6 is 0 Å². The molecule has 0 radical (unpaired) electrons. The first-order valence-corrected chi connectivity index (χ1v) is 24.4. The van der Waals surface area contributed by atoms with Crippen molar-refractivity contribution < 1.29 is 24.2 Å². The fourth-order valence-electron chi connectivity index (χ4n) is 17.5. The third kappa shape index (κ3) is 4.60. The number of carbonyl (C=O) groups excluding carboxylic acids is 2. The van der Waals surface area contributed by atoms with Crippen molar-refractivity contribution >= 4 is 11.9 Å². The highest BCUT2D eigenvalue weighted by Gasteiger charge is 2.93. The van der Waals surface area contributed by atoms with Crippen LogP contribution in [0.3, 0.4) is 0 Å². The zero-order chi connectivity index (χ0) is 41.2. The number of allylic oxidation sites excluding steroid dienone is 2. The number of carbonyl (C=O) groups is 2. The molecule has 14 aliphatic rings. The molecule has 5 aliphatic carbocycles. The fourth-order valence-corrected chi connectivity index (χ4v) is 17.5. The molecular weight excluding hydrogens is 759 g/mol. The van der Waals surface area contributed by atoms with Gasteiger partial charge in [0.15, 0.2) is 11.4 Å². The Hall–Kier alpha value is -3.88. The Bertz CT molecular complexity index is 2380. The minimum absolute atomic E-state index is 0.0736. The predicted octanol–water partition coefficient (Wildman–Crippen LogP) is 8.69. The average Bonchev–Trinajstić information content (AvgIpc) is 3.71. The van der Waals surface area contributed by atoms with E-state index in [1.54, 1.807) is 11.3 Å². The number of aryl methyl sites for hydroxylation is 2. The van der Waals surface area contributed by atoms with Gasteiger partial charge in [-0.05, 0) is 143 Å². The second-order valence-electron chi connectivity index (χ2n) is 21.9. The summed E-state index contributed by atoms with van der Waals surface area (Å²) in [5.74, 6) is 2.63. The van der Waals surface area contributed by atoms with Crippen LogP contribution in [-0.4, -0.2) is 65.1 Å². The standard InChI is InChI=1S/C53H63N3O5/c1-29-20-35-15-16-41-37-24-33-26-55(28-37)30(2)21-42(57)48-51-18-17-38-40-25-36(44(29)46(38)47(35)56(41)27-33)23-32-10-5-9-31(22-32)8-3-4-14-43(52(40,51)50(59)60-48)53(51)39-13-6-11-34(12-7-19-54)45(39)49(58)61-53/h5-6,9-11,13,22,29-30,33,36-37,41,43-44,46,57H,3-4,7-8,12,14-21,23-28,54H2,1-2H3. The number of hydrogen-bond donors (Lipinski definition) is 2. The maximum atomic E-state index is 16.0. The highest BCUT2D eigenvalue weighted by molar-refractivity contribution is 6.00. The zero-order valence-corrected chi connectivity index (χ0v) is 36.2. The molecule has 4 fully saturated rings. The first kappa shape index (κ1) is 37.7. The highest BCUT2D eigenvalue weighted by atomic mass is 16.6. The number of aliphatic hydroxyl groups excluding tert-OH is 1. The molecule has 2 aromatic carbocycles. The van der Waals surface area contributed by atoms with Crippen molar-refractivity contribution in [3.8, 4) is 0 Å². The van der Waals surface area contributed by atoms with E-state index >= 15 is 4.79 Å². The summed E-state index contributed by atoms with van der Waals surface area (Å²) in [4.78, 5) is 36.4. The summed E-state index contributed by atoms with van der Waals surface area (Å²) >= 11 is 0. The lowest BCUT2D eigenvalue weighted by Gasteiger charge is -2.72. The molecule has 1 saturated carbocycles. The van der Waals surface area contributed by atoms with Gasteiger partial charge in [0.2, 0.25) is 0 Å². The third-order valence-electron chi connectivity index (χ3n) is 19.3. The van der Waals surface area contributed by atoms with Crippen LogP contribution in [-0.2, 0) is 39.1 Å². The number of piperidine rings is 2. The third-order valence-corrected chi connectivity index (χ3v) is 19.3. The molecule has 8 nitrogen and oxygen atoms in total. The number of nitrogens with two attached hydrogens (primary N) is 1. The van der Waals surface area contributed by atoms with E-state index in [2.05, 4.69) is 66.1 Å². The van der Waals surface area contributed by atoms with Crippen LogP contribution in [0.1, 0.15) is 124 Å². The number of rotatable bonds is 3. The van der Waals surface area contributed by atoms with Gasteiger partial charge in [-0.15, -0.1) is 0 Å². The average molecular weight is 822 g/mol. The highest BCUT2D eigenvalue weighted by Crippen LogP contribution is 2.87. The molecule has 16 rings (SSSR count). The van der Waals surface area contributed by atoms with Crippen LogP contribution in [0.15, 0.2) is 76.4 Å². The largest absolute Gasteiger partial charge is 0.509 e. The monoisotopic (exact) mass is 821 g/mol. The quantitative estimate of drug-likeness (QED) is 0.234. The lowest BCUT2D eigenvalue weighted by molar-refractivity contribution is -0.279. The lowest BCUT2D eigenvalue weighted by atomic mass is 9.28. The van der Waals surface area contributed by atoms with E-state index in [4.69, 9.17) is 15.2 Å². The topological polar surface area (TPSA) is 105 Å². The van der Waals surface area contributed by atoms with Gasteiger partial charge in [0.1, 0.15) is 11.2 Å². The van der Waals surface area contributed by atoms with Gasteiger partial charge in [0.05, 0.1) is 11.0 Å². The minimum atomic E-state index is -1.13. The Kier molecular flexibility index (Phi) is 8.08. The Morgan fingerprint density at radius 3 is 2.67 bits per heavy atom. The first-order valence-electron chi connectivity index (χ1n) is 24.4. The van der Waals surface area contributed by atoms with Crippen LogP contribution < -0.4 is 5.73 Å². The Morgan fingerprint density at radius 1 is 0.918 bits per heavy atom. The van der Waals surface area contributed by atoms with Crippen molar-refractivity contribution in [1.82, 2.24) is 9.80 Å². The van der Waals surface area contributed by atoms with E-state index in [9.17, 15) is 9.90 Å². The van der Waals surface area contributed by atoms with E-state index in [0.717, 1.165) is 82.1 Å². The number of aliphatic hydroxyl groups is 1. The maximum Gasteiger partial charge on any atom is 0.339 e. The molecule has 320 valence electrons. The van der Waals surface area contributed by atoms with E-state index in [1.165, 1.54) is 48.0 Å². The van der Waals surface area contributed by atoms with Crippen molar-refractivity contribution in [2.24, 2.45) is 58.0 Å². The fraction of sp³-hybridized carbons (Fsp3) is 0.623. The van der Waals surface area contributed by atoms with Crippen LogP contribution in [0.2, 0.25) is 0 Å². The van der Waals surface area contributed by atoms with Gasteiger partial charge >= 0.3 is 11.9 Å².